The van der Waals surface area contributed by atoms with E-state index in [1.165, 1.54) is 12.7 Å². The number of nitrogens with zero attached hydrogens (tertiary/aromatic N) is 1. The van der Waals surface area contributed by atoms with E-state index in [1.807, 2.05) is 71.6 Å². The van der Waals surface area contributed by atoms with Crippen molar-refractivity contribution >= 4 is 17.6 Å². The lowest BCUT2D eigenvalue weighted by Crippen LogP contribution is -2.49. The number of para-hydroxylation sites is 1. The molecule has 0 saturated carbocycles. The van der Waals surface area contributed by atoms with Crippen molar-refractivity contribution < 1.29 is 14.3 Å². The zero-order chi connectivity index (χ0) is 21.6. The summed E-state index contributed by atoms with van der Waals surface area (Å²) in [5.41, 5.74) is 5.30. The minimum atomic E-state index is -0.467. The van der Waals surface area contributed by atoms with Crippen molar-refractivity contribution in [2.75, 3.05) is 19.0 Å². The summed E-state index contributed by atoms with van der Waals surface area (Å²) in [4.78, 5) is 27.2. The van der Waals surface area contributed by atoms with Gasteiger partial charge in [-0.3, -0.25) is 14.5 Å². The lowest BCUT2D eigenvalue weighted by molar-refractivity contribution is -0.148. The maximum Gasteiger partial charge on any atom is 0.323 e. The van der Waals surface area contributed by atoms with Crippen LogP contribution in [-0.4, -0.2) is 36.5 Å². The molecule has 1 amide bonds. The van der Waals surface area contributed by atoms with E-state index in [4.69, 9.17) is 4.74 Å². The molecular weight excluding hydrogens is 388 g/mol. The van der Waals surface area contributed by atoms with Gasteiger partial charge in [0.1, 0.15) is 6.04 Å². The highest BCUT2D eigenvalue weighted by molar-refractivity contribution is 5.93. The van der Waals surface area contributed by atoms with E-state index in [1.54, 1.807) is 0 Å². The number of anilines is 1. The molecule has 0 saturated heterocycles. The van der Waals surface area contributed by atoms with Crippen LogP contribution in [0.15, 0.2) is 78.9 Å². The number of esters is 1. The zero-order valence-corrected chi connectivity index (χ0v) is 17.6. The topological polar surface area (TPSA) is 58.6 Å². The Balaban J connectivity index is 1.49. The number of nitrogens with one attached hydrogen (secondary N) is 1. The highest BCUT2D eigenvalue weighted by Gasteiger charge is 2.33. The zero-order valence-electron chi connectivity index (χ0n) is 17.6. The molecule has 5 heteroatoms. The Labute approximate surface area is 182 Å². The molecule has 4 rings (SSSR count). The SMILES string of the molecule is COC(=O)[C@H]1Cc2ccccc2CN1CC(=O)Nc1ccccc1Cc1ccccc1. The molecule has 0 aliphatic carbocycles. The van der Waals surface area contributed by atoms with E-state index in [2.05, 4.69) is 17.4 Å². The molecule has 1 atom stereocenters. The van der Waals surface area contributed by atoms with E-state index < -0.39 is 6.04 Å². The largest absolute Gasteiger partial charge is 0.468 e. The quantitative estimate of drug-likeness (QED) is 0.623. The molecule has 1 aliphatic rings. The average molecular weight is 415 g/mol. The van der Waals surface area contributed by atoms with E-state index in [-0.39, 0.29) is 18.4 Å². The molecule has 5 nitrogen and oxygen atoms in total. The number of rotatable bonds is 6. The first-order valence-electron chi connectivity index (χ1n) is 10.4. The van der Waals surface area contributed by atoms with Gasteiger partial charge in [0, 0.05) is 12.2 Å². The fraction of sp³-hybridized carbons (Fsp3) is 0.231. The van der Waals surface area contributed by atoms with E-state index in [0.29, 0.717) is 13.0 Å². The number of ether oxygens (including phenoxy) is 1. The average Bonchev–Trinajstić information content (AvgIpc) is 2.80. The molecule has 0 radical (unpaired) electrons. The molecule has 0 spiro atoms. The summed E-state index contributed by atoms with van der Waals surface area (Å²) in [6.07, 6.45) is 1.28. The highest BCUT2D eigenvalue weighted by Crippen LogP contribution is 2.24. The van der Waals surface area contributed by atoms with Crippen LogP contribution in [0.3, 0.4) is 0 Å². The first-order chi connectivity index (χ1) is 15.1. The summed E-state index contributed by atoms with van der Waals surface area (Å²) < 4.78 is 5.01. The first-order valence-corrected chi connectivity index (χ1v) is 10.4. The van der Waals surface area contributed by atoms with Crippen molar-refractivity contribution in [1.29, 1.82) is 0 Å². The smallest absolute Gasteiger partial charge is 0.323 e. The van der Waals surface area contributed by atoms with Crippen molar-refractivity contribution in [2.24, 2.45) is 0 Å². The van der Waals surface area contributed by atoms with Crippen LogP contribution in [0.25, 0.3) is 0 Å². The van der Waals surface area contributed by atoms with Crippen molar-refractivity contribution in [1.82, 2.24) is 4.90 Å². The third kappa shape index (κ3) is 5.01. The Kier molecular flexibility index (Phi) is 6.43. The second-order valence-electron chi connectivity index (χ2n) is 7.78. The molecule has 0 bridgehead atoms. The molecule has 3 aromatic carbocycles. The maximum absolute atomic E-state index is 12.9. The Morgan fingerprint density at radius 3 is 2.39 bits per heavy atom. The van der Waals surface area contributed by atoms with Gasteiger partial charge in [0.2, 0.25) is 5.91 Å². The van der Waals surface area contributed by atoms with Gasteiger partial charge in [0.25, 0.3) is 0 Å². The highest BCUT2D eigenvalue weighted by atomic mass is 16.5. The summed E-state index contributed by atoms with van der Waals surface area (Å²) in [5, 5.41) is 3.05. The van der Waals surface area contributed by atoms with Gasteiger partial charge >= 0.3 is 5.97 Å². The minimum absolute atomic E-state index is 0.119. The van der Waals surface area contributed by atoms with Crippen molar-refractivity contribution in [3.63, 3.8) is 0 Å². The molecule has 0 aromatic heterocycles. The number of benzene rings is 3. The number of fused-ring (bicyclic) bond motifs is 1. The van der Waals surface area contributed by atoms with Crippen LogP contribution < -0.4 is 5.32 Å². The molecular formula is C26H26N2O3. The van der Waals surface area contributed by atoms with E-state index in [0.717, 1.165) is 28.8 Å². The Morgan fingerprint density at radius 2 is 1.61 bits per heavy atom. The van der Waals surface area contributed by atoms with Crippen molar-refractivity contribution in [3.05, 3.63) is 101 Å². The second-order valence-corrected chi connectivity index (χ2v) is 7.78. The van der Waals surface area contributed by atoms with Crippen LogP contribution in [0.4, 0.5) is 5.69 Å². The third-order valence-electron chi connectivity index (χ3n) is 5.69. The van der Waals surface area contributed by atoms with Gasteiger partial charge in [-0.2, -0.15) is 0 Å². The van der Waals surface area contributed by atoms with Crippen molar-refractivity contribution in [3.8, 4) is 0 Å². The third-order valence-corrected chi connectivity index (χ3v) is 5.69. The maximum atomic E-state index is 12.9. The van der Waals surface area contributed by atoms with Gasteiger partial charge in [-0.25, -0.2) is 0 Å². The molecule has 31 heavy (non-hydrogen) atoms. The summed E-state index contributed by atoms with van der Waals surface area (Å²) in [6, 6.07) is 25.6. The van der Waals surface area contributed by atoms with Gasteiger partial charge in [-0.15, -0.1) is 0 Å². The molecule has 1 N–H and O–H groups in total. The van der Waals surface area contributed by atoms with Gasteiger partial charge in [-0.05, 0) is 41.2 Å². The van der Waals surface area contributed by atoms with Gasteiger partial charge < -0.3 is 10.1 Å². The van der Waals surface area contributed by atoms with Gasteiger partial charge in [-0.1, -0.05) is 72.8 Å². The minimum Gasteiger partial charge on any atom is -0.468 e. The number of hydrogen-bond acceptors (Lipinski definition) is 4. The first kappa shape index (κ1) is 20.8. The fourth-order valence-corrected chi connectivity index (χ4v) is 4.10. The number of methoxy groups -OCH3 is 1. The number of carbonyl (C=O) groups is 2. The molecule has 0 unspecified atom stereocenters. The number of hydrogen-bond donors (Lipinski definition) is 1. The summed E-state index contributed by atoms with van der Waals surface area (Å²) in [5.74, 6) is -0.458. The van der Waals surface area contributed by atoms with Crippen LogP contribution in [0, 0.1) is 0 Å². The molecule has 158 valence electrons. The van der Waals surface area contributed by atoms with Crippen molar-refractivity contribution in [2.45, 2.75) is 25.4 Å². The van der Waals surface area contributed by atoms with E-state index in [9.17, 15) is 9.59 Å². The Morgan fingerprint density at radius 1 is 0.935 bits per heavy atom. The number of carbonyl (C=O) groups excluding carboxylic acids is 2. The predicted octanol–water partition coefficient (Wildman–Crippen LogP) is 3.82. The lowest BCUT2D eigenvalue weighted by Gasteiger charge is -2.34. The summed E-state index contributed by atoms with van der Waals surface area (Å²) in [6.45, 7) is 0.656. The monoisotopic (exact) mass is 414 g/mol. The van der Waals surface area contributed by atoms with E-state index >= 15 is 0 Å². The van der Waals surface area contributed by atoms with Gasteiger partial charge in [0.15, 0.2) is 0 Å². The molecule has 1 aliphatic heterocycles. The van der Waals surface area contributed by atoms with Crippen LogP contribution in [0.1, 0.15) is 22.3 Å². The van der Waals surface area contributed by atoms with Crippen LogP contribution in [0.2, 0.25) is 0 Å². The molecule has 0 fully saturated rings. The summed E-state index contributed by atoms with van der Waals surface area (Å²) >= 11 is 0. The lowest BCUT2D eigenvalue weighted by atomic mass is 9.94. The Hall–Kier alpha value is -3.44. The van der Waals surface area contributed by atoms with Crippen LogP contribution >= 0.6 is 0 Å². The van der Waals surface area contributed by atoms with Gasteiger partial charge in [0.05, 0.1) is 13.7 Å². The molecule has 1 heterocycles. The number of amides is 1. The van der Waals surface area contributed by atoms with Crippen LogP contribution in [-0.2, 0) is 33.7 Å². The molecule has 3 aromatic rings. The standard InChI is InChI=1S/C26H26N2O3/c1-31-26(30)24-16-20-11-5-6-13-22(20)17-28(24)18-25(29)27-23-14-8-7-12-21(23)15-19-9-3-2-4-10-19/h2-14,24H,15-18H2,1H3,(H,27,29)/t24-/m1/s1. The fourth-order valence-electron chi connectivity index (χ4n) is 4.10. The second kappa shape index (κ2) is 9.58. The summed E-state index contributed by atoms with van der Waals surface area (Å²) in [7, 11) is 1.39. The normalized spacial score (nSPS) is 15.7. The van der Waals surface area contributed by atoms with Crippen LogP contribution in [0.5, 0.6) is 0 Å². The Bertz CT molecular complexity index is 1070. The predicted molar refractivity (Wildman–Crippen MR) is 121 cm³/mol.